The van der Waals surface area contributed by atoms with E-state index in [-0.39, 0.29) is 0 Å². The van der Waals surface area contributed by atoms with Gasteiger partial charge < -0.3 is 5.32 Å². The third-order valence-corrected chi connectivity index (χ3v) is 5.64. The molecule has 0 aromatic carbocycles. The van der Waals surface area contributed by atoms with Crippen molar-refractivity contribution in [2.24, 2.45) is 11.8 Å². The molecule has 0 amide bonds. The van der Waals surface area contributed by atoms with Crippen LogP contribution in [0.1, 0.15) is 43.5 Å². The van der Waals surface area contributed by atoms with Crippen molar-refractivity contribution < 1.29 is 0 Å². The van der Waals surface area contributed by atoms with E-state index in [0.29, 0.717) is 6.04 Å². The molecule has 1 aromatic heterocycles. The van der Waals surface area contributed by atoms with Crippen molar-refractivity contribution in [1.29, 1.82) is 0 Å². The predicted octanol–water partition coefficient (Wildman–Crippen LogP) is 4.60. The van der Waals surface area contributed by atoms with E-state index in [1.165, 1.54) is 35.0 Å². The van der Waals surface area contributed by atoms with Gasteiger partial charge in [-0.25, -0.2) is 0 Å². The molecular formula is C13H20BrNS. The van der Waals surface area contributed by atoms with Crippen LogP contribution < -0.4 is 5.32 Å². The van der Waals surface area contributed by atoms with Crippen LogP contribution in [0.4, 0.5) is 0 Å². The van der Waals surface area contributed by atoms with Gasteiger partial charge in [0.05, 0.1) is 0 Å². The molecule has 16 heavy (non-hydrogen) atoms. The Morgan fingerprint density at radius 2 is 2.31 bits per heavy atom. The summed E-state index contributed by atoms with van der Waals surface area (Å²) in [4.78, 5) is 1.47. The van der Waals surface area contributed by atoms with Crippen molar-refractivity contribution >= 4 is 27.3 Å². The van der Waals surface area contributed by atoms with E-state index in [1.54, 1.807) is 0 Å². The lowest BCUT2D eigenvalue weighted by Crippen LogP contribution is -2.28. The van der Waals surface area contributed by atoms with Crippen molar-refractivity contribution in [2.45, 2.75) is 38.6 Å². The molecule has 1 aliphatic carbocycles. The zero-order valence-corrected chi connectivity index (χ0v) is 12.4. The van der Waals surface area contributed by atoms with Crippen molar-refractivity contribution in [3.63, 3.8) is 0 Å². The Balaban J connectivity index is 2.13. The lowest BCUT2D eigenvalue weighted by atomic mass is 9.78. The highest BCUT2D eigenvalue weighted by Crippen LogP contribution is 2.40. The first-order valence-electron chi connectivity index (χ1n) is 6.12. The maximum atomic E-state index is 3.66. The van der Waals surface area contributed by atoms with Gasteiger partial charge in [-0.2, -0.15) is 0 Å². The van der Waals surface area contributed by atoms with Crippen LogP contribution in [0.5, 0.6) is 0 Å². The third kappa shape index (κ3) is 2.69. The Kier molecular flexibility index (Phi) is 4.45. The molecule has 90 valence electrons. The summed E-state index contributed by atoms with van der Waals surface area (Å²) in [6, 6.07) is 2.70. The van der Waals surface area contributed by atoms with Gasteiger partial charge in [-0.05, 0) is 59.1 Å². The van der Waals surface area contributed by atoms with E-state index in [2.05, 4.69) is 46.7 Å². The van der Waals surface area contributed by atoms with E-state index in [0.717, 1.165) is 11.8 Å². The average Bonchev–Trinajstić information content (AvgIpc) is 2.67. The fraction of sp³-hybridized carbons (Fsp3) is 0.692. The SMILES string of the molecule is CNC(c1sccc1Br)C1CCCC(C)C1. The van der Waals surface area contributed by atoms with Crippen LogP contribution in [0.2, 0.25) is 0 Å². The summed E-state index contributed by atoms with van der Waals surface area (Å²) in [5.41, 5.74) is 0. The molecule has 1 fully saturated rings. The number of halogens is 1. The van der Waals surface area contributed by atoms with Crippen molar-refractivity contribution in [2.75, 3.05) is 7.05 Å². The molecule has 1 aliphatic rings. The van der Waals surface area contributed by atoms with Gasteiger partial charge >= 0.3 is 0 Å². The molecule has 3 heteroatoms. The zero-order chi connectivity index (χ0) is 11.5. The van der Waals surface area contributed by atoms with Crippen LogP contribution in [0.25, 0.3) is 0 Å². The normalized spacial score (nSPS) is 27.9. The minimum absolute atomic E-state index is 0.539. The second kappa shape index (κ2) is 5.65. The maximum Gasteiger partial charge on any atom is 0.0452 e. The summed E-state index contributed by atoms with van der Waals surface area (Å²) in [5.74, 6) is 1.71. The molecule has 1 nitrogen and oxygen atoms in total. The Bertz CT molecular complexity index is 336. The lowest BCUT2D eigenvalue weighted by Gasteiger charge is -2.33. The Hall–Kier alpha value is 0.140. The summed E-state index contributed by atoms with van der Waals surface area (Å²) in [6.07, 6.45) is 5.56. The molecule has 1 aromatic rings. The van der Waals surface area contributed by atoms with Gasteiger partial charge in [0.1, 0.15) is 0 Å². The van der Waals surface area contributed by atoms with E-state index in [1.807, 2.05) is 11.3 Å². The number of hydrogen-bond donors (Lipinski definition) is 1. The fourth-order valence-corrected chi connectivity index (χ4v) is 4.71. The Morgan fingerprint density at radius 3 is 2.88 bits per heavy atom. The van der Waals surface area contributed by atoms with Gasteiger partial charge in [0.2, 0.25) is 0 Å². The largest absolute Gasteiger partial charge is 0.312 e. The smallest absolute Gasteiger partial charge is 0.0452 e. The molecule has 1 N–H and O–H groups in total. The van der Waals surface area contributed by atoms with Gasteiger partial charge in [0.25, 0.3) is 0 Å². The second-order valence-electron chi connectivity index (χ2n) is 4.93. The van der Waals surface area contributed by atoms with Crippen molar-refractivity contribution in [1.82, 2.24) is 5.32 Å². The molecule has 0 saturated heterocycles. The van der Waals surface area contributed by atoms with E-state index < -0.39 is 0 Å². The molecule has 0 bridgehead atoms. The molecule has 0 radical (unpaired) electrons. The van der Waals surface area contributed by atoms with Crippen LogP contribution in [0, 0.1) is 11.8 Å². The second-order valence-corrected chi connectivity index (χ2v) is 6.73. The summed E-state index contributed by atoms with van der Waals surface area (Å²) in [7, 11) is 2.09. The Labute approximate surface area is 111 Å². The third-order valence-electron chi connectivity index (χ3n) is 3.69. The van der Waals surface area contributed by atoms with Crippen LogP contribution in [0.15, 0.2) is 15.9 Å². The van der Waals surface area contributed by atoms with Crippen LogP contribution in [-0.4, -0.2) is 7.05 Å². The van der Waals surface area contributed by atoms with Gasteiger partial charge in [-0.15, -0.1) is 11.3 Å². The number of rotatable bonds is 3. The van der Waals surface area contributed by atoms with Crippen molar-refractivity contribution in [3.05, 3.63) is 20.8 Å². The molecule has 3 unspecified atom stereocenters. The summed E-state index contributed by atoms with van der Waals surface area (Å²) >= 11 is 5.53. The highest BCUT2D eigenvalue weighted by molar-refractivity contribution is 9.10. The summed E-state index contributed by atoms with van der Waals surface area (Å²) in [6.45, 7) is 2.39. The Morgan fingerprint density at radius 1 is 1.50 bits per heavy atom. The highest BCUT2D eigenvalue weighted by atomic mass is 79.9. The van der Waals surface area contributed by atoms with Gasteiger partial charge in [-0.3, -0.25) is 0 Å². The topological polar surface area (TPSA) is 12.0 Å². The minimum atomic E-state index is 0.539. The van der Waals surface area contributed by atoms with Crippen LogP contribution >= 0.6 is 27.3 Å². The van der Waals surface area contributed by atoms with Crippen LogP contribution in [0.3, 0.4) is 0 Å². The van der Waals surface area contributed by atoms with E-state index in [9.17, 15) is 0 Å². The van der Waals surface area contributed by atoms with E-state index >= 15 is 0 Å². The monoisotopic (exact) mass is 301 g/mol. The quantitative estimate of drug-likeness (QED) is 0.860. The first kappa shape index (κ1) is 12.6. The lowest BCUT2D eigenvalue weighted by molar-refractivity contribution is 0.231. The maximum absolute atomic E-state index is 3.66. The molecular weight excluding hydrogens is 282 g/mol. The zero-order valence-electron chi connectivity index (χ0n) is 10.0. The van der Waals surface area contributed by atoms with Crippen LogP contribution in [-0.2, 0) is 0 Å². The first-order chi connectivity index (χ1) is 7.72. The van der Waals surface area contributed by atoms with E-state index in [4.69, 9.17) is 0 Å². The fourth-order valence-electron chi connectivity index (χ4n) is 2.89. The molecule has 0 aliphatic heterocycles. The summed E-state index contributed by atoms with van der Waals surface area (Å²) < 4.78 is 1.27. The average molecular weight is 302 g/mol. The number of thiophene rings is 1. The highest BCUT2D eigenvalue weighted by Gasteiger charge is 2.28. The molecule has 3 atom stereocenters. The molecule has 0 spiro atoms. The number of hydrogen-bond acceptors (Lipinski definition) is 2. The number of nitrogens with one attached hydrogen (secondary N) is 1. The van der Waals surface area contributed by atoms with Gasteiger partial charge in [0.15, 0.2) is 0 Å². The standard InChI is InChI=1S/C13H20BrNS/c1-9-4-3-5-10(8-9)12(15-2)13-11(14)6-7-16-13/h6-7,9-10,12,15H,3-5,8H2,1-2H3. The van der Waals surface area contributed by atoms with Crippen molar-refractivity contribution in [3.8, 4) is 0 Å². The predicted molar refractivity (Wildman–Crippen MR) is 74.9 cm³/mol. The van der Waals surface area contributed by atoms with Gasteiger partial charge in [0, 0.05) is 15.4 Å². The minimum Gasteiger partial charge on any atom is -0.312 e. The van der Waals surface area contributed by atoms with Gasteiger partial charge in [-0.1, -0.05) is 19.8 Å². The summed E-state index contributed by atoms with van der Waals surface area (Å²) in [5, 5.41) is 5.69. The molecule has 2 rings (SSSR count). The molecule has 1 saturated carbocycles. The molecule has 1 heterocycles. The first-order valence-corrected chi connectivity index (χ1v) is 7.79.